The van der Waals surface area contributed by atoms with E-state index in [0.717, 1.165) is 17.7 Å². The van der Waals surface area contributed by atoms with Crippen LogP contribution in [-0.4, -0.2) is 16.8 Å². The van der Waals surface area contributed by atoms with E-state index in [1.165, 1.54) is 12.8 Å². The summed E-state index contributed by atoms with van der Waals surface area (Å²) < 4.78 is 0. The fourth-order valence-corrected chi connectivity index (χ4v) is 3.33. The first-order valence-electron chi connectivity index (χ1n) is 5.23. The van der Waals surface area contributed by atoms with E-state index in [9.17, 15) is 4.79 Å². The molecule has 1 aliphatic heterocycles. The monoisotopic (exact) mass is 222 g/mol. The SMILES string of the molecule is O=C(O)c1ccccc1C1CCCCS1. The van der Waals surface area contributed by atoms with Gasteiger partial charge in [-0.15, -0.1) is 0 Å². The van der Waals surface area contributed by atoms with Crippen molar-refractivity contribution in [3.05, 3.63) is 35.4 Å². The third-order valence-corrected chi connectivity index (χ3v) is 4.13. The van der Waals surface area contributed by atoms with Crippen LogP contribution in [0.1, 0.15) is 40.4 Å². The summed E-state index contributed by atoms with van der Waals surface area (Å²) in [5, 5.41) is 9.47. The van der Waals surface area contributed by atoms with Crippen LogP contribution >= 0.6 is 11.8 Å². The molecule has 15 heavy (non-hydrogen) atoms. The minimum atomic E-state index is -0.809. The lowest BCUT2D eigenvalue weighted by molar-refractivity contribution is 0.0695. The Hall–Kier alpha value is -0.960. The average molecular weight is 222 g/mol. The van der Waals surface area contributed by atoms with Gasteiger partial charge in [-0.3, -0.25) is 0 Å². The lowest BCUT2D eigenvalue weighted by atomic mass is 10.0. The minimum Gasteiger partial charge on any atom is -0.478 e. The summed E-state index contributed by atoms with van der Waals surface area (Å²) in [6.45, 7) is 0. The third kappa shape index (κ3) is 2.34. The summed E-state index contributed by atoms with van der Waals surface area (Å²) in [6.07, 6.45) is 3.58. The first kappa shape index (κ1) is 10.6. The Bertz CT molecular complexity index is 356. The molecule has 0 aromatic heterocycles. The van der Waals surface area contributed by atoms with E-state index in [1.54, 1.807) is 12.1 Å². The molecule has 2 rings (SSSR count). The van der Waals surface area contributed by atoms with Crippen LogP contribution < -0.4 is 0 Å². The van der Waals surface area contributed by atoms with Crippen LogP contribution in [0.4, 0.5) is 0 Å². The van der Waals surface area contributed by atoms with E-state index < -0.39 is 5.97 Å². The Labute approximate surface area is 93.7 Å². The van der Waals surface area contributed by atoms with E-state index in [4.69, 9.17) is 5.11 Å². The van der Waals surface area contributed by atoms with Gasteiger partial charge in [0.1, 0.15) is 0 Å². The van der Waals surface area contributed by atoms with Crippen molar-refractivity contribution in [2.24, 2.45) is 0 Å². The molecule has 3 heteroatoms. The Morgan fingerprint density at radius 2 is 2.13 bits per heavy atom. The van der Waals surface area contributed by atoms with E-state index in [0.29, 0.717) is 10.8 Å². The average Bonchev–Trinajstić information content (AvgIpc) is 2.30. The summed E-state index contributed by atoms with van der Waals surface area (Å²) in [5.41, 5.74) is 1.46. The molecule has 2 nitrogen and oxygen atoms in total. The quantitative estimate of drug-likeness (QED) is 0.833. The van der Waals surface area contributed by atoms with Crippen LogP contribution in [0.15, 0.2) is 24.3 Å². The van der Waals surface area contributed by atoms with Crippen LogP contribution in [0.2, 0.25) is 0 Å². The lowest BCUT2D eigenvalue weighted by Gasteiger charge is -2.22. The van der Waals surface area contributed by atoms with Crippen molar-refractivity contribution < 1.29 is 9.90 Å². The smallest absolute Gasteiger partial charge is 0.336 e. The largest absolute Gasteiger partial charge is 0.478 e. The van der Waals surface area contributed by atoms with Gasteiger partial charge >= 0.3 is 5.97 Å². The van der Waals surface area contributed by atoms with Gasteiger partial charge in [-0.1, -0.05) is 24.6 Å². The maximum Gasteiger partial charge on any atom is 0.336 e. The van der Waals surface area contributed by atoms with Gasteiger partial charge in [0.05, 0.1) is 5.56 Å². The van der Waals surface area contributed by atoms with E-state index in [-0.39, 0.29) is 0 Å². The summed E-state index contributed by atoms with van der Waals surface area (Å²) in [7, 11) is 0. The number of carbonyl (C=O) groups is 1. The number of hydrogen-bond donors (Lipinski definition) is 1. The Morgan fingerprint density at radius 1 is 1.33 bits per heavy atom. The zero-order valence-corrected chi connectivity index (χ0v) is 9.30. The van der Waals surface area contributed by atoms with Crippen LogP contribution in [0.3, 0.4) is 0 Å². The zero-order valence-electron chi connectivity index (χ0n) is 8.48. The van der Waals surface area contributed by atoms with Crippen LogP contribution in [0, 0.1) is 0 Å². The highest BCUT2D eigenvalue weighted by Gasteiger charge is 2.20. The lowest BCUT2D eigenvalue weighted by Crippen LogP contribution is -2.08. The molecule has 1 unspecified atom stereocenters. The highest BCUT2D eigenvalue weighted by molar-refractivity contribution is 7.99. The molecular weight excluding hydrogens is 208 g/mol. The molecule has 0 radical (unpaired) electrons. The number of carboxylic acid groups (broad SMARTS) is 1. The second-order valence-electron chi connectivity index (χ2n) is 3.75. The van der Waals surface area contributed by atoms with E-state index in [1.807, 2.05) is 23.9 Å². The van der Waals surface area contributed by atoms with Gasteiger partial charge in [-0.2, -0.15) is 11.8 Å². The number of thioether (sulfide) groups is 1. The molecule has 1 aromatic rings. The number of benzene rings is 1. The van der Waals surface area contributed by atoms with Crippen molar-refractivity contribution in [2.75, 3.05) is 5.75 Å². The van der Waals surface area contributed by atoms with Crippen LogP contribution in [-0.2, 0) is 0 Å². The number of carboxylic acids is 1. The predicted molar refractivity (Wildman–Crippen MR) is 62.5 cm³/mol. The minimum absolute atomic E-state index is 0.381. The van der Waals surface area contributed by atoms with Crippen molar-refractivity contribution in [3.63, 3.8) is 0 Å². The van der Waals surface area contributed by atoms with Gasteiger partial charge in [0.25, 0.3) is 0 Å². The summed E-state index contributed by atoms with van der Waals surface area (Å²) in [6, 6.07) is 7.37. The molecule has 1 saturated heterocycles. The first-order chi connectivity index (χ1) is 7.29. The standard InChI is InChI=1S/C12H14O2S/c13-12(14)10-6-2-1-5-9(10)11-7-3-4-8-15-11/h1-2,5-6,11H,3-4,7-8H2,(H,13,14). The maximum atomic E-state index is 11.1. The fourth-order valence-electron chi connectivity index (χ4n) is 1.96. The number of hydrogen-bond acceptors (Lipinski definition) is 2. The maximum absolute atomic E-state index is 11.1. The normalized spacial score (nSPS) is 21.2. The van der Waals surface area contributed by atoms with E-state index in [2.05, 4.69) is 0 Å². The molecule has 1 heterocycles. The van der Waals surface area contributed by atoms with E-state index >= 15 is 0 Å². The summed E-state index contributed by atoms with van der Waals surface area (Å²) >= 11 is 1.88. The molecule has 0 spiro atoms. The molecule has 1 aliphatic rings. The molecular formula is C12H14O2S. The predicted octanol–water partition coefficient (Wildman–Crippen LogP) is 3.34. The van der Waals surface area contributed by atoms with Gasteiger partial charge < -0.3 is 5.11 Å². The van der Waals surface area contributed by atoms with Crippen molar-refractivity contribution >= 4 is 17.7 Å². The second-order valence-corrected chi connectivity index (χ2v) is 5.06. The molecule has 1 N–H and O–H groups in total. The van der Waals surface area contributed by atoms with Crippen molar-refractivity contribution in [1.82, 2.24) is 0 Å². The Balaban J connectivity index is 2.29. The molecule has 0 aliphatic carbocycles. The highest BCUT2D eigenvalue weighted by Crippen LogP contribution is 2.39. The molecule has 1 atom stereocenters. The molecule has 80 valence electrons. The van der Waals surface area contributed by atoms with Gasteiger partial charge in [0, 0.05) is 5.25 Å². The Kier molecular flexibility index (Phi) is 3.31. The summed E-state index contributed by atoms with van der Waals surface area (Å²) in [4.78, 5) is 11.1. The molecule has 1 fully saturated rings. The van der Waals surface area contributed by atoms with Gasteiger partial charge in [0.2, 0.25) is 0 Å². The zero-order chi connectivity index (χ0) is 10.7. The molecule has 0 amide bonds. The van der Waals surface area contributed by atoms with Crippen molar-refractivity contribution in [1.29, 1.82) is 0 Å². The highest BCUT2D eigenvalue weighted by atomic mass is 32.2. The fraction of sp³-hybridized carbons (Fsp3) is 0.417. The van der Waals surface area contributed by atoms with Gasteiger partial charge in [-0.05, 0) is 30.2 Å². The molecule has 1 aromatic carbocycles. The topological polar surface area (TPSA) is 37.3 Å². The van der Waals surface area contributed by atoms with Crippen LogP contribution in [0.5, 0.6) is 0 Å². The Morgan fingerprint density at radius 3 is 2.80 bits per heavy atom. The van der Waals surface area contributed by atoms with Crippen molar-refractivity contribution in [3.8, 4) is 0 Å². The number of aromatic carboxylic acids is 1. The van der Waals surface area contributed by atoms with Gasteiger partial charge in [-0.25, -0.2) is 4.79 Å². The molecule has 0 saturated carbocycles. The first-order valence-corrected chi connectivity index (χ1v) is 6.28. The third-order valence-electron chi connectivity index (χ3n) is 2.72. The summed E-state index contributed by atoms with van der Waals surface area (Å²) in [5.74, 6) is 0.343. The molecule has 0 bridgehead atoms. The van der Waals surface area contributed by atoms with Crippen LogP contribution in [0.25, 0.3) is 0 Å². The second kappa shape index (κ2) is 4.71. The van der Waals surface area contributed by atoms with Gasteiger partial charge in [0.15, 0.2) is 0 Å². The number of rotatable bonds is 2. The van der Waals surface area contributed by atoms with Crippen molar-refractivity contribution in [2.45, 2.75) is 24.5 Å².